The molecule has 0 N–H and O–H groups in total. The first-order valence-corrected chi connectivity index (χ1v) is 6.83. The lowest BCUT2D eigenvalue weighted by molar-refractivity contribution is 0.0629. The predicted octanol–water partition coefficient (Wildman–Crippen LogP) is 3.71. The Balaban J connectivity index is 2.10. The maximum Gasteiger partial charge on any atom is 0.254 e. The Bertz CT molecular complexity index is 418. The van der Waals surface area contributed by atoms with Crippen LogP contribution in [-0.4, -0.2) is 23.9 Å². The second-order valence-corrected chi connectivity index (χ2v) is 6.29. The van der Waals surface area contributed by atoms with Crippen LogP contribution in [0, 0.1) is 5.41 Å². The van der Waals surface area contributed by atoms with Gasteiger partial charge in [0, 0.05) is 17.6 Å². The van der Waals surface area contributed by atoms with Crippen LogP contribution in [0.3, 0.4) is 0 Å². The van der Waals surface area contributed by atoms with Crippen LogP contribution >= 0.6 is 15.9 Å². The maximum absolute atomic E-state index is 12.3. The van der Waals surface area contributed by atoms with Gasteiger partial charge in [-0.25, -0.2) is 0 Å². The molecule has 0 bridgehead atoms. The van der Waals surface area contributed by atoms with Gasteiger partial charge in [0.1, 0.15) is 0 Å². The monoisotopic (exact) mass is 295 g/mol. The Morgan fingerprint density at radius 2 is 1.82 bits per heavy atom. The van der Waals surface area contributed by atoms with E-state index >= 15 is 0 Å². The van der Waals surface area contributed by atoms with Crippen molar-refractivity contribution in [2.24, 2.45) is 5.41 Å². The molecule has 0 radical (unpaired) electrons. The summed E-state index contributed by atoms with van der Waals surface area (Å²) >= 11 is 3.44. The fourth-order valence-corrected chi connectivity index (χ4v) is 2.57. The van der Waals surface area contributed by atoms with Crippen molar-refractivity contribution in [3.05, 3.63) is 34.3 Å². The van der Waals surface area contributed by atoms with Gasteiger partial charge in [-0.1, -0.05) is 26.0 Å². The standard InChI is InChI=1S/C14H18BrNO/c1-14(2)7-9-16(10-8-14)13(17)11-5-3-4-6-12(11)15/h3-6H,7-10H2,1-2H3. The van der Waals surface area contributed by atoms with Crippen molar-refractivity contribution in [3.8, 4) is 0 Å². The maximum atomic E-state index is 12.3. The van der Waals surface area contributed by atoms with Crippen LogP contribution in [0.25, 0.3) is 0 Å². The highest BCUT2D eigenvalue weighted by atomic mass is 79.9. The Morgan fingerprint density at radius 1 is 1.24 bits per heavy atom. The molecule has 0 unspecified atom stereocenters. The van der Waals surface area contributed by atoms with Gasteiger partial charge >= 0.3 is 0 Å². The van der Waals surface area contributed by atoms with E-state index in [1.165, 1.54) is 0 Å². The number of piperidine rings is 1. The first-order chi connectivity index (χ1) is 7.99. The summed E-state index contributed by atoms with van der Waals surface area (Å²) in [6.45, 7) is 6.28. The summed E-state index contributed by atoms with van der Waals surface area (Å²) < 4.78 is 0.884. The molecule has 0 saturated carbocycles. The molecule has 0 aliphatic carbocycles. The zero-order valence-electron chi connectivity index (χ0n) is 10.4. The van der Waals surface area contributed by atoms with Crippen molar-refractivity contribution < 1.29 is 4.79 Å². The molecule has 2 rings (SSSR count). The van der Waals surface area contributed by atoms with Crippen molar-refractivity contribution >= 4 is 21.8 Å². The van der Waals surface area contributed by atoms with Crippen LogP contribution in [-0.2, 0) is 0 Å². The van der Waals surface area contributed by atoms with E-state index in [1.54, 1.807) is 0 Å². The van der Waals surface area contributed by atoms with Crippen molar-refractivity contribution in [2.45, 2.75) is 26.7 Å². The third kappa shape index (κ3) is 2.89. The van der Waals surface area contributed by atoms with Gasteiger partial charge in [0.15, 0.2) is 0 Å². The van der Waals surface area contributed by atoms with Gasteiger partial charge in [0.25, 0.3) is 5.91 Å². The lowest BCUT2D eigenvalue weighted by Crippen LogP contribution is -2.41. The Kier molecular flexibility index (Phi) is 3.57. The second-order valence-electron chi connectivity index (χ2n) is 5.44. The number of hydrogen-bond acceptors (Lipinski definition) is 1. The first kappa shape index (κ1) is 12.6. The fraction of sp³-hybridized carbons (Fsp3) is 0.500. The average Bonchev–Trinajstić information content (AvgIpc) is 2.29. The number of rotatable bonds is 1. The minimum Gasteiger partial charge on any atom is -0.339 e. The van der Waals surface area contributed by atoms with Crippen molar-refractivity contribution in [2.75, 3.05) is 13.1 Å². The molecule has 1 aromatic carbocycles. The summed E-state index contributed by atoms with van der Waals surface area (Å²) in [7, 11) is 0. The molecule has 2 nitrogen and oxygen atoms in total. The van der Waals surface area contributed by atoms with Gasteiger partial charge in [-0.3, -0.25) is 4.79 Å². The minimum atomic E-state index is 0.146. The first-order valence-electron chi connectivity index (χ1n) is 6.03. The molecule has 1 amide bonds. The third-order valence-electron chi connectivity index (χ3n) is 3.51. The Hall–Kier alpha value is -0.830. The number of halogens is 1. The summed E-state index contributed by atoms with van der Waals surface area (Å²) in [4.78, 5) is 14.3. The number of hydrogen-bond donors (Lipinski definition) is 0. The van der Waals surface area contributed by atoms with Crippen LogP contribution in [0.4, 0.5) is 0 Å². The lowest BCUT2D eigenvalue weighted by Gasteiger charge is -2.37. The quantitative estimate of drug-likeness (QED) is 0.773. The summed E-state index contributed by atoms with van der Waals surface area (Å²) in [5.74, 6) is 0.146. The lowest BCUT2D eigenvalue weighted by atomic mass is 9.82. The molecule has 1 aliphatic rings. The molecule has 1 fully saturated rings. The zero-order valence-corrected chi connectivity index (χ0v) is 12.0. The topological polar surface area (TPSA) is 20.3 Å². The van der Waals surface area contributed by atoms with E-state index in [0.717, 1.165) is 36.0 Å². The smallest absolute Gasteiger partial charge is 0.254 e. The van der Waals surface area contributed by atoms with Crippen LogP contribution < -0.4 is 0 Å². The van der Waals surface area contributed by atoms with Crippen LogP contribution in [0.5, 0.6) is 0 Å². The normalized spacial score (nSPS) is 19.1. The molecule has 1 aliphatic heterocycles. The molecule has 0 aromatic heterocycles. The van der Waals surface area contributed by atoms with Crippen LogP contribution in [0.1, 0.15) is 37.0 Å². The molecule has 1 heterocycles. The van der Waals surface area contributed by atoms with Gasteiger partial charge in [0.05, 0.1) is 5.56 Å². The third-order valence-corrected chi connectivity index (χ3v) is 4.20. The summed E-state index contributed by atoms with van der Waals surface area (Å²) in [5.41, 5.74) is 1.15. The molecule has 0 atom stereocenters. The van der Waals surface area contributed by atoms with E-state index in [1.807, 2.05) is 29.2 Å². The predicted molar refractivity (Wildman–Crippen MR) is 73.1 cm³/mol. The SMILES string of the molecule is CC1(C)CCN(C(=O)c2ccccc2Br)CC1. The van der Waals surface area contributed by atoms with E-state index in [2.05, 4.69) is 29.8 Å². The molecular weight excluding hydrogens is 278 g/mol. The fourth-order valence-electron chi connectivity index (χ4n) is 2.12. The van der Waals surface area contributed by atoms with Gasteiger partial charge in [-0.15, -0.1) is 0 Å². The molecule has 0 spiro atoms. The summed E-state index contributed by atoms with van der Waals surface area (Å²) in [5, 5.41) is 0. The molecular formula is C14H18BrNO. The van der Waals surface area contributed by atoms with E-state index in [-0.39, 0.29) is 5.91 Å². The summed E-state index contributed by atoms with van der Waals surface area (Å²) in [6, 6.07) is 7.64. The molecule has 17 heavy (non-hydrogen) atoms. The Morgan fingerprint density at radius 3 is 2.41 bits per heavy atom. The number of benzene rings is 1. The Labute approximate surface area is 111 Å². The highest BCUT2D eigenvalue weighted by molar-refractivity contribution is 9.10. The number of carbonyl (C=O) groups is 1. The van der Waals surface area contributed by atoms with E-state index in [9.17, 15) is 4.79 Å². The van der Waals surface area contributed by atoms with Crippen molar-refractivity contribution in [3.63, 3.8) is 0 Å². The highest BCUT2D eigenvalue weighted by Gasteiger charge is 2.28. The number of amides is 1. The van der Waals surface area contributed by atoms with Crippen LogP contribution in [0.2, 0.25) is 0 Å². The van der Waals surface area contributed by atoms with Crippen LogP contribution in [0.15, 0.2) is 28.7 Å². The molecule has 1 aromatic rings. The highest BCUT2D eigenvalue weighted by Crippen LogP contribution is 2.30. The van der Waals surface area contributed by atoms with E-state index < -0.39 is 0 Å². The zero-order chi connectivity index (χ0) is 12.5. The van der Waals surface area contributed by atoms with Crippen molar-refractivity contribution in [1.29, 1.82) is 0 Å². The second kappa shape index (κ2) is 4.81. The molecule has 1 saturated heterocycles. The van der Waals surface area contributed by atoms with Crippen molar-refractivity contribution in [1.82, 2.24) is 4.90 Å². The molecule has 3 heteroatoms. The van der Waals surface area contributed by atoms with Gasteiger partial charge in [-0.2, -0.15) is 0 Å². The summed E-state index contributed by atoms with van der Waals surface area (Å²) in [6.07, 6.45) is 2.17. The number of carbonyl (C=O) groups excluding carboxylic acids is 1. The van der Waals surface area contributed by atoms with Gasteiger partial charge in [0.2, 0.25) is 0 Å². The van der Waals surface area contributed by atoms with E-state index in [0.29, 0.717) is 5.41 Å². The van der Waals surface area contributed by atoms with Gasteiger partial charge < -0.3 is 4.90 Å². The molecule has 92 valence electrons. The van der Waals surface area contributed by atoms with E-state index in [4.69, 9.17) is 0 Å². The number of likely N-dealkylation sites (tertiary alicyclic amines) is 1. The number of nitrogens with zero attached hydrogens (tertiary/aromatic N) is 1. The minimum absolute atomic E-state index is 0.146. The average molecular weight is 296 g/mol. The van der Waals surface area contributed by atoms with Gasteiger partial charge in [-0.05, 0) is 46.3 Å². The largest absolute Gasteiger partial charge is 0.339 e.